The van der Waals surface area contributed by atoms with Gasteiger partial charge in [0.1, 0.15) is 18.4 Å². The fourth-order valence-electron chi connectivity index (χ4n) is 3.40. The number of aliphatic imine (C=N–C) groups is 2. The molecule has 0 aromatic heterocycles. The van der Waals surface area contributed by atoms with Gasteiger partial charge in [0.2, 0.25) is 5.90 Å². The minimum atomic E-state index is 0.587. The molecule has 0 saturated heterocycles. The minimum absolute atomic E-state index is 0.587. The van der Waals surface area contributed by atoms with Crippen molar-refractivity contribution in [2.24, 2.45) is 21.8 Å². The average Bonchev–Trinajstić information content (AvgIpc) is 3.51. The van der Waals surface area contributed by atoms with Crippen LogP contribution in [0.2, 0.25) is 0 Å². The van der Waals surface area contributed by atoms with Crippen molar-refractivity contribution in [1.82, 2.24) is 5.48 Å². The number of carbonyl (C=O) groups excluding carboxylic acids is 1. The number of carbonyl (C=O) groups is 1. The van der Waals surface area contributed by atoms with Crippen molar-refractivity contribution in [3.05, 3.63) is 29.3 Å². The quantitative estimate of drug-likeness (QED) is 0.540. The highest BCUT2D eigenvalue weighted by Crippen LogP contribution is 2.32. The standard InChI is InChI=1S/C22H31N3O3/c1-17-13-21(7-6-20(17)15-26)27-12-2-3-18-8-10-23-16-25-28-22(24-11-9-18)14-19-4-5-19/h6-7,13,15-16,18-19H,2-5,8-12,14H2,1H3,(H,23,25). The van der Waals surface area contributed by atoms with Crippen LogP contribution in [0.5, 0.6) is 5.75 Å². The maximum atomic E-state index is 10.9. The summed E-state index contributed by atoms with van der Waals surface area (Å²) < 4.78 is 5.86. The molecule has 1 saturated carbocycles. The molecular weight excluding hydrogens is 354 g/mol. The molecule has 1 N–H and O–H groups in total. The first-order valence-corrected chi connectivity index (χ1v) is 10.4. The van der Waals surface area contributed by atoms with Crippen molar-refractivity contribution in [2.45, 2.75) is 51.9 Å². The molecule has 0 spiro atoms. The molecule has 1 aliphatic heterocycles. The summed E-state index contributed by atoms with van der Waals surface area (Å²) in [6.07, 6.45) is 10.2. The molecule has 6 heteroatoms. The van der Waals surface area contributed by atoms with Crippen molar-refractivity contribution in [1.29, 1.82) is 0 Å². The van der Waals surface area contributed by atoms with Crippen molar-refractivity contribution < 1.29 is 14.4 Å². The summed E-state index contributed by atoms with van der Waals surface area (Å²) in [4.78, 5) is 25.5. The predicted octanol–water partition coefficient (Wildman–Crippen LogP) is 4.12. The van der Waals surface area contributed by atoms with Gasteiger partial charge in [0.25, 0.3) is 0 Å². The van der Waals surface area contributed by atoms with E-state index >= 15 is 0 Å². The Hall–Kier alpha value is -2.37. The van der Waals surface area contributed by atoms with Gasteiger partial charge in [0, 0.05) is 25.1 Å². The van der Waals surface area contributed by atoms with Crippen LogP contribution >= 0.6 is 0 Å². The van der Waals surface area contributed by atoms with Gasteiger partial charge in [-0.1, -0.05) is 0 Å². The second kappa shape index (κ2) is 10.8. The SMILES string of the molecule is Cc1cc(OCCCC2CCN=CNOC(CC3CC3)=NCC2)ccc1C=O. The smallest absolute Gasteiger partial charge is 0.217 e. The number of hydrogen-bond donors (Lipinski definition) is 1. The average molecular weight is 386 g/mol. The lowest BCUT2D eigenvalue weighted by Gasteiger charge is -2.15. The lowest BCUT2D eigenvalue weighted by molar-refractivity contribution is 0.112. The van der Waals surface area contributed by atoms with E-state index in [9.17, 15) is 4.79 Å². The van der Waals surface area contributed by atoms with E-state index in [1.165, 1.54) is 12.8 Å². The van der Waals surface area contributed by atoms with Crippen molar-refractivity contribution >= 4 is 18.5 Å². The van der Waals surface area contributed by atoms with Crippen molar-refractivity contribution in [3.63, 3.8) is 0 Å². The Balaban J connectivity index is 1.42. The molecule has 1 aromatic rings. The lowest BCUT2D eigenvalue weighted by atomic mass is 9.96. The third-order valence-corrected chi connectivity index (χ3v) is 5.37. The number of hydroxylamine groups is 1. The second-order valence-electron chi connectivity index (χ2n) is 7.75. The predicted molar refractivity (Wildman–Crippen MR) is 111 cm³/mol. The van der Waals surface area contributed by atoms with E-state index in [0.717, 1.165) is 74.6 Å². The zero-order valence-corrected chi connectivity index (χ0v) is 16.7. The zero-order chi connectivity index (χ0) is 19.6. The molecule has 3 rings (SSSR count). The highest BCUT2D eigenvalue weighted by atomic mass is 16.7. The van der Waals surface area contributed by atoms with Crippen molar-refractivity contribution in [3.8, 4) is 5.75 Å². The summed E-state index contributed by atoms with van der Waals surface area (Å²) in [6.45, 7) is 4.21. The largest absolute Gasteiger partial charge is 0.494 e. The van der Waals surface area contributed by atoms with E-state index in [2.05, 4.69) is 15.5 Å². The maximum absolute atomic E-state index is 10.9. The van der Waals surface area contributed by atoms with Crippen LogP contribution in [-0.2, 0) is 4.84 Å². The van der Waals surface area contributed by atoms with E-state index < -0.39 is 0 Å². The van der Waals surface area contributed by atoms with Gasteiger partial charge in [0.05, 0.1) is 6.61 Å². The summed E-state index contributed by atoms with van der Waals surface area (Å²) in [7, 11) is 0. The Morgan fingerprint density at radius 3 is 2.86 bits per heavy atom. The van der Waals surface area contributed by atoms with Crippen molar-refractivity contribution in [2.75, 3.05) is 19.7 Å². The molecule has 1 heterocycles. The van der Waals surface area contributed by atoms with Gasteiger partial charge in [0.15, 0.2) is 0 Å². The minimum Gasteiger partial charge on any atom is -0.494 e. The van der Waals surface area contributed by atoms with Crippen LogP contribution in [0.15, 0.2) is 28.2 Å². The third-order valence-electron chi connectivity index (χ3n) is 5.37. The van der Waals surface area contributed by atoms with Crippen LogP contribution < -0.4 is 10.2 Å². The molecule has 0 radical (unpaired) electrons. The number of aldehydes is 1. The second-order valence-corrected chi connectivity index (χ2v) is 7.75. The molecular formula is C22H31N3O3. The molecule has 1 fully saturated rings. The molecule has 28 heavy (non-hydrogen) atoms. The summed E-state index contributed by atoms with van der Waals surface area (Å²) in [6, 6.07) is 5.60. The third kappa shape index (κ3) is 6.98. The number of benzene rings is 1. The number of nitrogens with zero attached hydrogens (tertiary/aromatic N) is 2. The van der Waals surface area contributed by atoms with E-state index in [-0.39, 0.29) is 0 Å². The number of nitrogens with one attached hydrogen (secondary N) is 1. The summed E-state index contributed by atoms with van der Waals surface area (Å²) in [5.41, 5.74) is 4.46. The molecule has 152 valence electrons. The van der Waals surface area contributed by atoms with E-state index in [0.29, 0.717) is 18.1 Å². The van der Waals surface area contributed by atoms with Crippen LogP contribution in [-0.4, -0.2) is 38.2 Å². The summed E-state index contributed by atoms with van der Waals surface area (Å²) >= 11 is 0. The van der Waals surface area contributed by atoms with E-state index in [4.69, 9.17) is 9.57 Å². The Kier molecular flexibility index (Phi) is 7.88. The fraction of sp³-hybridized carbons (Fsp3) is 0.591. The molecule has 1 aromatic carbocycles. The number of rotatable bonds is 8. The molecule has 2 aliphatic rings. The van der Waals surface area contributed by atoms with Gasteiger partial charge in [-0.2, -0.15) is 0 Å². The maximum Gasteiger partial charge on any atom is 0.217 e. The van der Waals surface area contributed by atoms with Gasteiger partial charge in [-0.3, -0.25) is 14.8 Å². The number of hydrogen-bond acceptors (Lipinski definition) is 6. The molecule has 1 atom stereocenters. The number of ether oxygens (including phenoxy) is 1. The van der Waals surface area contributed by atoms with Crippen LogP contribution in [0.3, 0.4) is 0 Å². The summed E-state index contributed by atoms with van der Waals surface area (Å²) in [5.74, 6) is 2.98. The van der Waals surface area contributed by atoms with E-state index in [1.54, 1.807) is 6.34 Å². The van der Waals surface area contributed by atoms with Crippen LogP contribution in [0.4, 0.5) is 0 Å². The Morgan fingerprint density at radius 1 is 1.21 bits per heavy atom. The Labute approximate surface area is 167 Å². The first-order chi connectivity index (χ1) is 13.7. The first-order valence-electron chi connectivity index (χ1n) is 10.4. The van der Waals surface area contributed by atoms with Crippen LogP contribution in [0, 0.1) is 18.8 Å². The van der Waals surface area contributed by atoms with Crippen LogP contribution in [0.25, 0.3) is 0 Å². The molecule has 6 nitrogen and oxygen atoms in total. The molecule has 0 amide bonds. The highest BCUT2D eigenvalue weighted by molar-refractivity contribution is 5.77. The first kappa shape index (κ1) is 20.4. The fourth-order valence-corrected chi connectivity index (χ4v) is 3.40. The summed E-state index contributed by atoms with van der Waals surface area (Å²) in [5, 5.41) is 0. The zero-order valence-electron chi connectivity index (χ0n) is 16.7. The molecule has 1 aliphatic carbocycles. The monoisotopic (exact) mass is 385 g/mol. The van der Waals surface area contributed by atoms with Gasteiger partial charge in [-0.05, 0) is 81.0 Å². The van der Waals surface area contributed by atoms with Gasteiger partial charge < -0.3 is 9.57 Å². The lowest BCUT2D eigenvalue weighted by Crippen LogP contribution is -2.19. The molecule has 1 unspecified atom stereocenters. The van der Waals surface area contributed by atoms with Gasteiger partial charge >= 0.3 is 0 Å². The Morgan fingerprint density at radius 2 is 2.07 bits per heavy atom. The van der Waals surface area contributed by atoms with E-state index in [1.807, 2.05) is 25.1 Å². The Bertz CT molecular complexity index is 698. The number of aryl methyl sites for hydroxylation is 1. The highest BCUT2D eigenvalue weighted by Gasteiger charge is 2.24. The van der Waals surface area contributed by atoms with Gasteiger partial charge in [-0.25, -0.2) is 5.48 Å². The normalized spacial score (nSPS) is 20.3. The van der Waals surface area contributed by atoms with Crippen LogP contribution in [0.1, 0.15) is 60.9 Å². The topological polar surface area (TPSA) is 72.3 Å². The molecule has 0 bridgehead atoms. The van der Waals surface area contributed by atoms with Gasteiger partial charge in [-0.15, -0.1) is 0 Å².